The average Bonchev–Trinajstić information content (AvgIpc) is 2.95. The molecule has 3 rings (SSSR count). The second-order valence-electron chi connectivity index (χ2n) is 5.73. The van der Waals surface area contributed by atoms with Crippen LogP contribution in [0.25, 0.3) is 0 Å². The zero-order valence-corrected chi connectivity index (χ0v) is 12.8. The highest BCUT2D eigenvalue weighted by molar-refractivity contribution is 9.10. The van der Waals surface area contributed by atoms with Gasteiger partial charge in [0.2, 0.25) is 0 Å². The Morgan fingerprint density at radius 2 is 2.25 bits per heavy atom. The molecule has 2 N–H and O–H groups in total. The highest BCUT2D eigenvalue weighted by Gasteiger charge is 2.42. The van der Waals surface area contributed by atoms with E-state index in [4.69, 9.17) is 5.73 Å². The lowest BCUT2D eigenvalue weighted by atomic mass is 9.98. The number of hydrogen-bond acceptors (Lipinski definition) is 5. The predicted molar refractivity (Wildman–Crippen MR) is 79.7 cm³/mol. The Morgan fingerprint density at radius 3 is 2.90 bits per heavy atom. The summed E-state index contributed by atoms with van der Waals surface area (Å²) < 4.78 is 0.722. The van der Waals surface area contributed by atoms with Crippen LogP contribution in [0.4, 0.5) is 11.5 Å². The predicted octanol–water partition coefficient (Wildman–Crippen LogP) is 2.23. The molecule has 0 spiro atoms. The lowest BCUT2D eigenvalue weighted by molar-refractivity contribution is -0.385. The maximum absolute atomic E-state index is 10.9. The smallest absolute Gasteiger partial charge is 0.291 e. The van der Waals surface area contributed by atoms with E-state index in [9.17, 15) is 10.1 Å². The van der Waals surface area contributed by atoms with Crippen LogP contribution < -0.4 is 10.6 Å². The molecule has 2 aliphatic rings. The molecule has 20 heavy (non-hydrogen) atoms. The SMILES string of the molecule is Cc1c([N+](=O)[O-])cnc(N2CC3CCC(N)C3C2)c1Br. The zero-order valence-electron chi connectivity index (χ0n) is 11.3. The number of aromatic nitrogens is 1. The standard InChI is InChI=1S/C13H17BrN4O2/c1-7-11(18(19)20)4-16-13(12(7)14)17-5-8-2-3-10(15)9(8)6-17/h4,8-10H,2-3,5-6,15H2,1H3. The van der Waals surface area contributed by atoms with E-state index in [0.29, 0.717) is 17.4 Å². The fourth-order valence-corrected chi connectivity index (χ4v) is 4.00. The van der Waals surface area contributed by atoms with Crippen LogP contribution in [0.1, 0.15) is 18.4 Å². The third-order valence-electron chi connectivity index (χ3n) is 4.63. The fraction of sp³-hybridized carbons (Fsp3) is 0.615. The van der Waals surface area contributed by atoms with Crippen LogP contribution in [0.15, 0.2) is 10.7 Å². The minimum atomic E-state index is -0.397. The van der Waals surface area contributed by atoms with E-state index < -0.39 is 4.92 Å². The highest BCUT2D eigenvalue weighted by Crippen LogP contribution is 2.41. The minimum Gasteiger partial charge on any atom is -0.355 e. The van der Waals surface area contributed by atoms with Gasteiger partial charge in [0.1, 0.15) is 12.0 Å². The Bertz CT molecular complexity index is 566. The van der Waals surface area contributed by atoms with Crippen LogP contribution in [0.2, 0.25) is 0 Å². The number of anilines is 1. The molecule has 3 unspecified atom stereocenters. The summed E-state index contributed by atoms with van der Waals surface area (Å²) in [6, 6.07) is 0.280. The number of rotatable bonds is 2. The van der Waals surface area contributed by atoms with Gasteiger partial charge >= 0.3 is 0 Å². The van der Waals surface area contributed by atoms with Gasteiger partial charge in [-0.2, -0.15) is 0 Å². The first-order valence-corrected chi connectivity index (χ1v) is 7.58. The van der Waals surface area contributed by atoms with Gasteiger partial charge in [-0.05, 0) is 47.5 Å². The molecule has 7 heteroatoms. The van der Waals surface area contributed by atoms with Gasteiger partial charge in [-0.25, -0.2) is 4.98 Å². The summed E-state index contributed by atoms with van der Waals surface area (Å²) in [5.41, 5.74) is 6.82. The van der Waals surface area contributed by atoms with E-state index >= 15 is 0 Å². The topological polar surface area (TPSA) is 85.3 Å². The van der Waals surface area contributed by atoms with Crippen molar-refractivity contribution in [2.24, 2.45) is 17.6 Å². The van der Waals surface area contributed by atoms with Crippen LogP contribution in [-0.2, 0) is 0 Å². The van der Waals surface area contributed by atoms with Crippen LogP contribution >= 0.6 is 15.9 Å². The summed E-state index contributed by atoms with van der Waals surface area (Å²) in [6.45, 7) is 3.59. The molecule has 1 aliphatic heterocycles. The fourth-order valence-electron chi connectivity index (χ4n) is 3.44. The quantitative estimate of drug-likeness (QED) is 0.659. The van der Waals surface area contributed by atoms with Crippen molar-refractivity contribution in [2.45, 2.75) is 25.8 Å². The van der Waals surface area contributed by atoms with E-state index in [0.717, 1.165) is 29.8 Å². The van der Waals surface area contributed by atoms with Crippen LogP contribution in [0.5, 0.6) is 0 Å². The van der Waals surface area contributed by atoms with E-state index in [1.807, 2.05) is 0 Å². The van der Waals surface area contributed by atoms with E-state index in [1.54, 1.807) is 6.92 Å². The number of nitro groups is 1. The average molecular weight is 341 g/mol. The molecule has 2 fully saturated rings. The summed E-state index contributed by atoms with van der Waals surface area (Å²) >= 11 is 3.46. The number of fused-ring (bicyclic) bond motifs is 1. The van der Waals surface area contributed by atoms with Gasteiger partial charge < -0.3 is 10.6 Å². The summed E-state index contributed by atoms with van der Waals surface area (Å²) in [6.07, 6.45) is 3.63. The van der Waals surface area contributed by atoms with Gasteiger partial charge in [-0.1, -0.05) is 0 Å². The number of nitrogens with two attached hydrogens (primary N) is 1. The number of pyridine rings is 1. The first-order valence-electron chi connectivity index (χ1n) is 6.79. The van der Waals surface area contributed by atoms with Crippen molar-refractivity contribution in [1.29, 1.82) is 0 Å². The Hall–Kier alpha value is -1.21. The summed E-state index contributed by atoms with van der Waals surface area (Å²) in [4.78, 5) is 17.0. The lowest BCUT2D eigenvalue weighted by Crippen LogP contribution is -2.30. The van der Waals surface area contributed by atoms with Gasteiger partial charge in [0.15, 0.2) is 0 Å². The molecular weight excluding hydrogens is 324 g/mol. The van der Waals surface area contributed by atoms with E-state index in [1.165, 1.54) is 12.6 Å². The van der Waals surface area contributed by atoms with Gasteiger partial charge in [-0.3, -0.25) is 10.1 Å². The molecule has 0 bridgehead atoms. The summed E-state index contributed by atoms with van der Waals surface area (Å²) in [5.74, 6) is 1.96. The van der Waals surface area contributed by atoms with E-state index in [2.05, 4.69) is 25.8 Å². The molecule has 3 atom stereocenters. The van der Waals surface area contributed by atoms with E-state index in [-0.39, 0.29) is 11.7 Å². The normalized spacial score (nSPS) is 28.8. The Morgan fingerprint density at radius 1 is 1.50 bits per heavy atom. The van der Waals surface area contributed by atoms with Crippen molar-refractivity contribution in [2.75, 3.05) is 18.0 Å². The molecule has 108 valence electrons. The monoisotopic (exact) mass is 340 g/mol. The lowest BCUT2D eigenvalue weighted by Gasteiger charge is -2.21. The largest absolute Gasteiger partial charge is 0.355 e. The molecule has 1 aromatic rings. The van der Waals surface area contributed by atoms with Crippen molar-refractivity contribution in [1.82, 2.24) is 4.98 Å². The summed E-state index contributed by atoms with van der Waals surface area (Å²) in [7, 11) is 0. The van der Waals surface area contributed by atoms with Crippen molar-refractivity contribution in [3.05, 3.63) is 26.3 Å². The molecule has 6 nitrogen and oxygen atoms in total. The first-order chi connectivity index (χ1) is 9.49. The van der Waals surface area contributed by atoms with Crippen molar-refractivity contribution in [3.8, 4) is 0 Å². The van der Waals surface area contributed by atoms with Crippen molar-refractivity contribution in [3.63, 3.8) is 0 Å². The third kappa shape index (κ3) is 2.09. The maximum atomic E-state index is 10.9. The second-order valence-corrected chi connectivity index (χ2v) is 6.53. The summed E-state index contributed by atoms with van der Waals surface area (Å²) in [5, 5.41) is 10.9. The van der Waals surface area contributed by atoms with Crippen molar-refractivity contribution < 1.29 is 4.92 Å². The van der Waals surface area contributed by atoms with Crippen molar-refractivity contribution >= 4 is 27.4 Å². The molecule has 0 aromatic carbocycles. The second kappa shape index (κ2) is 4.96. The molecule has 1 saturated carbocycles. The van der Waals surface area contributed by atoms with Crippen LogP contribution in [-0.4, -0.2) is 29.0 Å². The Kier molecular flexibility index (Phi) is 3.41. The van der Waals surface area contributed by atoms with Crippen LogP contribution in [0.3, 0.4) is 0 Å². The Labute approximate surface area is 125 Å². The maximum Gasteiger partial charge on any atom is 0.291 e. The molecule has 2 heterocycles. The molecular formula is C13H17BrN4O2. The Balaban J connectivity index is 1.89. The highest BCUT2D eigenvalue weighted by atomic mass is 79.9. The van der Waals surface area contributed by atoms with Gasteiger partial charge in [-0.15, -0.1) is 0 Å². The third-order valence-corrected chi connectivity index (χ3v) is 5.58. The minimum absolute atomic E-state index is 0.0525. The number of halogens is 1. The molecule has 1 saturated heterocycles. The van der Waals surface area contributed by atoms with Gasteiger partial charge in [0.25, 0.3) is 5.69 Å². The zero-order chi connectivity index (χ0) is 14.4. The van der Waals surface area contributed by atoms with Gasteiger partial charge in [0.05, 0.1) is 9.40 Å². The molecule has 1 aromatic heterocycles. The van der Waals surface area contributed by atoms with Gasteiger partial charge in [0, 0.05) is 24.7 Å². The molecule has 0 amide bonds. The van der Waals surface area contributed by atoms with Crippen LogP contribution in [0, 0.1) is 28.9 Å². The molecule has 0 radical (unpaired) electrons. The molecule has 1 aliphatic carbocycles. The first kappa shape index (κ1) is 13.8. The number of nitrogens with zero attached hydrogens (tertiary/aromatic N) is 3. The number of hydrogen-bond donors (Lipinski definition) is 1.